The minimum absolute atomic E-state index is 0.133. The van der Waals surface area contributed by atoms with Gasteiger partial charge in [0.1, 0.15) is 5.15 Å². The van der Waals surface area contributed by atoms with E-state index in [-0.39, 0.29) is 17.7 Å². The van der Waals surface area contributed by atoms with Gasteiger partial charge in [0.2, 0.25) is 5.91 Å². The number of halogens is 1. The Labute approximate surface area is 99.6 Å². The molecule has 1 heterocycles. The first-order chi connectivity index (χ1) is 7.34. The molecule has 0 radical (unpaired) electrons. The van der Waals surface area contributed by atoms with E-state index in [9.17, 15) is 4.79 Å². The predicted octanol–water partition coefficient (Wildman–Crippen LogP) is 2.21. The van der Waals surface area contributed by atoms with Gasteiger partial charge < -0.3 is 10.4 Å². The lowest BCUT2D eigenvalue weighted by Crippen LogP contribution is -2.28. The summed E-state index contributed by atoms with van der Waals surface area (Å²) in [5.41, 5.74) is 0.365. The Morgan fingerprint density at radius 3 is 2.62 bits per heavy atom. The Kier molecular flexibility index (Phi) is 3.88. The number of hydrogen-bond acceptors (Lipinski definition) is 3. The first-order valence-electron chi connectivity index (χ1n) is 4.92. The smallest absolute Gasteiger partial charge is 0.229 e. The monoisotopic (exact) mass is 242 g/mol. The molecule has 5 heteroatoms. The minimum atomic E-state index is -0.494. The minimum Gasteiger partial charge on any atom is -0.390 e. The average molecular weight is 243 g/mol. The van der Waals surface area contributed by atoms with Gasteiger partial charge in [0, 0.05) is 5.41 Å². The van der Waals surface area contributed by atoms with Gasteiger partial charge >= 0.3 is 0 Å². The van der Waals surface area contributed by atoms with Crippen LogP contribution in [0, 0.1) is 5.41 Å². The number of rotatable bonds is 2. The van der Waals surface area contributed by atoms with Crippen LogP contribution in [0.4, 0.5) is 5.69 Å². The fourth-order valence-corrected chi connectivity index (χ4v) is 1.18. The fraction of sp³-hybridized carbons (Fsp3) is 0.455. The molecule has 0 aliphatic heterocycles. The Balaban J connectivity index is 2.93. The Hall–Kier alpha value is -1.13. The van der Waals surface area contributed by atoms with Gasteiger partial charge in [-0.3, -0.25) is 4.79 Å². The molecule has 16 heavy (non-hydrogen) atoms. The van der Waals surface area contributed by atoms with E-state index in [0.717, 1.165) is 0 Å². The van der Waals surface area contributed by atoms with Gasteiger partial charge in [-0.25, -0.2) is 4.98 Å². The highest BCUT2D eigenvalue weighted by molar-refractivity contribution is 6.29. The number of aliphatic hydroxyl groups is 1. The molecule has 2 N–H and O–H groups in total. The first-order valence-corrected chi connectivity index (χ1v) is 5.30. The summed E-state index contributed by atoms with van der Waals surface area (Å²) < 4.78 is 0. The van der Waals surface area contributed by atoms with Crippen LogP contribution in [0.3, 0.4) is 0 Å². The number of nitrogens with zero attached hydrogens (tertiary/aromatic N) is 1. The van der Waals surface area contributed by atoms with Crippen LogP contribution in [0.2, 0.25) is 5.15 Å². The Bertz CT molecular complexity index is 399. The lowest BCUT2D eigenvalue weighted by atomic mass is 9.95. The van der Waals surface area contributed by atoms with E-state index in [2.05, 4.69) is 10.3 Å². The molecule has 0 aliphatic rings. The molecular weight excluding hydrogens is 228 g/mol. The van der Waals surface area contributed by atoms with Gasteiger partial charge in [-0.1, -0.05) is 32.4 Å². The van der Waals surface area contributed by atoms with Gasteiger partial charge in [0.15, 0.2) is 0 Å². The van der Waals surface area contributed by atoms with Crippen LogP contribution >= 0.6 is 11.6 Å². The maximum atomic E-state index is 11.7. The van der Waals surface area contributed by atoms with Gasteiger partial charge in [0.25, 0.3) is 0 Å². The normalized spacial score (nSPS) is 11.3. The number of anilines is 1. The molecular formula is C11H15ClN2O2. The standard InChI is InChI=1S/C11H15ClN2O2/c1-11(2,3)10(16)14-7-4-5-9(12)13-8(7)6-15/h4-5,15H,6H2,1-3H3,(H,14,16). The molecule has 0 saturated carbocycles. The van der Waals surface area contributed by atoms with Crippen molar-refractivity contribution in [1.29, 1.82) is 0 Å². The summed E-state index contributed by atoms with van der Waals surface area (Å²) in [5, 5.41) is 12.1. The molecule has 0 aliphatic carbocycles. The number of carbonyl (C=O) groups is 1. The highest BCUT2D eigenvalue weighted by atomic mass is 35.5. The van der Waals surface area contributed by atoms with Crippen molar-refractivity contribution in [3.8, 4) is 0 Å². The van der Waals surface area contributed by atoms with Crippen molar-refractivity contribution in [1.82, 2.24) is 4.98 Å². The molecule has 1 aromatic rings. The van der Waals surface area contributed by atoms with Crippen molar-refractivity contribution >= 4 is 23.2 Å². The second-order valence-corrected chi connectivity index (χ2v) is 4.88. The largest absolute Gasteiger partial charge is 0.390 e. The SMILES string of the molecule is CC(C)(C)C(=O)Nc1ccc(Cl)nc1CO. The second-order valence-electron chi connectivity index (χ2n) is 4.49. The highest BCUT2D eigenvalue weighted by Gasteiger charge is 2.22. The van der Waals surface area contributed by atoms with Crippen LogP contribution in [0.1, 0.15) is 26.5 Å². The van der Waals surface area contributed by atoms with E-state index >= 15 is 0 Å². The molecule has 88 valence electrons. The van der Waals surface area contributed by atoms with Crippen LogP contribution in [-0.2, 0) is 11.4 Å². The third kappa shape index (κ3) is 3.18. The van der Waals surface area contributed by atoms with Crippen molar-refractivity contribution in [2.24, 2.45) is 5.41 Å². The number of aromatic nitrogens is 1. The fourth-order valence-electron chi connectivity index (χ4n) is 1.02. The second kappa shape index (κ2) is 4.80. The van der Waals surface area contributed by atoms with E-state index in [4.69, 9.17) is 16.7 Å². The quantitative estimate of drug-likeness (QED) is 0.782. The maximum Gasteiger partial charge on any atom is 0.229 e. The van der Waals surface area contributed by atoms with E-state index in [1.807, 2.05) is 20.8 Å². The Morgan fingerprint density at radius 1 is 1.50 bits per heavy atom. The van der Waals surface area contributed by atoms with Crippen molar-refractivity contribution in [2.75, 3.05) is 5.32 Å². The molecule has 0 spiro atoms. The molecule has 0 bridgehead atoms. The zero-order chi connectivity index (χ0) is 12.3. The van der Waals surface area contributed by atoms with Crippen LogP contribution < -0.4 is 5.32 Å². The van der Waals surface area contributed by atoms with E-state index in [0.29, 0.717) is 11.4 Å². The molecule has 1 amide bonds. The number of amides is 1. The van der Waals surface area contributed by atoms with E-state index in [1.165, 1.54) is 0 Å². The van der Waals surface area contributed by atoms with Crippen LogP contribution in [0.25, 0.3) is 0 Å². The third-order valence-electron chi connectivity index (χ3n) is 2.02. The first kappa shape index (κ1) is 12.9. The predicted molar refractivity (Wildman–Crippen MR) is 63.3 cm³/mol. The number of carbonyl (C=O) groups excluding carboxylic acids is 1. The summed E-state index contributed by atoms with van der Waals surface area (Å²) in [4.78, 5) is 15.7. The maximum absolute atomic E-state index is 11.7. The van der Waals surface area contributed by atoms with Crippen LogP contribution in [0.5, 0.6) is 0 Å². The summed E-state index contributed by atoms with van der Waals surface area (Å²) in [6.45, 7) is 5.17. The number of pyridine rings is 1. The lowest BCUT2D eigenvalue weighted by molar-refractivity contribution is -0.123. The molecule has 1 aromatic heterocycles. The van der Waals surface area contributed by atoms with E-state index in [1.54, 1.807) is 12.1 Å². The topological polar surface area (TPSA) is 62.2 Å². The average Bonchev–Trinajstić information content (AvgIpc) is 2.19. The molecule has 0 atom stereocenters. The van der Waals surface area contributed by atoms with Crippen molar-refractivity contribution < 1.29 is 9.90 Å². The number of nitrogens with one attached hydrogen (secondary N) is 1. The number of aliphatic hydroxyl groups excluding tert-OH is 1. The molecule has 0 fully saturated rings. The van der Waals surface area contributed by atoms with Gasteiger partial charge in [-0.2, -0.15) is 0 Å². The summed E-state index contributed by atoms with van der Waals surface area (Å²) in [6.07, 6.45) is 0. The molecule has 0 aromatic carbocycles. The van der Waals surface area contributed by atoms with Gasteiger partial charge in [-0.05, 0) is 12.1 Å². The summed E-state index contributed by atoms with van der Waals surface area (Å²) in [7, 11) is 0. The zero-order valence-corrected chi connectivity index (χ0v) is 10.3. The van der Waals surface area contributed by atoms with Crippen LogP contribution in [-0.4, -0.2) is 16.0 Å². The molecule has 1 rings (SSSR count). The van der Waals surface area contributed by atoms with Gasteiger partial charge in [-0.15, -0.1) is 0 Å². The van der Waals surface area contributed by atoms with E-state index < -0.39 is 5.41 Å². The molecule has 0 saturated heterocycles. The highest BCUT2D eigenvalue weighted by Crippen LogP contribution is 2.21. The summed E-state index contributed by atoms with van der Waals surface area (Å²) in [6, 6.07) is 3.20. The Morgan fingerprint density at radius 2 is 2.12 bits per heavy atom. The van der Waals surface area contributed by atoms with Crippen molar-refractivity contribution in [2.45, 2.75) is 27.4 Å². The van der Waals surface area contributed by atoms with Crippen LogP contribution in [0.15, 0.2) is 12.1 Å². The molecule has 0 unspecified atom stereocenters. The summed E-state index contributed by atoms with van der Waals surface area (Å²) in [5.74, 6) is -0.133. The summed E-state index contributed by atoms with van der Waals surface area (Å²) >= 11 is 5.69. The lowest BCUT2D eigenvalue weighted by Gasteiger charge is -2.18. The molecule has 4 nitrogen and oxygen atoms in total. The zero-order valence-electron chi connectivity index (χ0n) is 9.54. The number of hydrogen-bond donors (Lipinski definition) is 2. The van der Waals surface area contributed by atoms with Gasteiger partial charge in [0.05, 0.1) is 18.0 Å². The third-order valence-corrected chi connectivity index (χ3v) is 2.23. The van der Waals surface area contributed by atoms with Crippen molar-refractivity contribution in [3.63, 3.8) is 0 Å². The van der Waals surface area contributed by atoms with Crippen molar-refractivity contribution in [3.05, 3.63) is 23.0 Å².